The third-order valence-electron chi connectivity index (χ3n) is 16.4. The van der Waals surface area contributed by atoms with Gasteiger partial charge in [-0.05, 0) is 148 Å². The zero-order valence-corrected chi connectivity index (χ0v) is 48.0. The van der Waals surface area contributed by atoms with Crippen LogP contribution in [0.4, 0.5) is 11.4 Å². The summed E-state index contributed by atoms with van der Waals surface area (Å²) in [7, 11) is 3.40. The van der Waals surface area contributed by atoms with Crippen LogP contribution in [0.25, 0.3) is 0 Å². The molecule has 0 radical (unpaired) electrons. The van der Waals surface area contributed by atoms with E-state index in [1.165, 1.54) is 11.1 Å². The highest BCUT2D eigenvalue weighted by Crippen LogP contribution is 2.34. The van der Waals surface area contributed by atoms with Gasteiger partial charge in [-0.1, -0.05) is 90.1 Å². The Hall–Kier alpha value is -6.98. The Morgan fingerprint density at radius 2 is 0.886 bits per heavy atom. The fourth-order valence-corrected chi connectivity index (χ4v) is 11.4. The van der Waals surface area contributed by atoms with Crippen LogP contribution < -0.4 is 46.4 Å². The van der Waals surface area contributed by atoms with E-state index in [-0.39, 0.29) is 73.7 Å². The van der Waals surface area contributed by atoms with Gasteiger partial charge in [0.15, 0.2) is 0 Å². The van der Waals surface area contributed by atoms with Crippen molar-refractivity contribution in [3.05, 3.63) is 119 Å². The second kappa shape index (κ2) is 25.0. The Morgan fingerprint density at radius 3 is 1.24 bits per heavy atom. The van der Waals surface area contributed by atoms with E-state index in [0.717, 1.165) is 61.0 Å². The van der Waals surface area contributed by atoms with E-state index < -0.39 is 47.1 Å². The lowest BCUT2D eigenvalue weighted by Crippen LogP contribution is -2.66. The Morgan fingerprint density at radius 1 is 0.519 bits per heavy atom. The van der Waals surface area contributed by atoms with E-state index in [9.17, 15) is 28.8 Å². The number of piperazine rings is 2. The van der Waals surface area contributed by atoms with Crippen molar-refractivity contribution in [2.75, 3.05) is 63.2 Å². The van der Waals surface area contributed by atoms with Gasteiger partial charge in [0.1, 0.15) is 35.7 Å². The number of carbonyl (C=O) groups excluding carboxylic acids is 6. The Kier molecular flexibility index (Phi) is 18.4. The van der Waals surface area contributed by atoms with Gasteiger partial charge in [0.2, 0.25) is 35.4 Å². The minimum absolute atomic E-state index is 0.181. The van der Waals surface area contributed by atoms with Gasteiger partial charge < -0.3 is 56.2 Å². The molecule has 4 aliphatic rings. The standard InChI is InChI=1S/C62H84N10O7/c1-39(63-9)55(73)67-53(61(3,4)5)59(77)71-35-33-69(37-51(71)57(75)65-49-23-15-19-41-17-11-13-21-47(41)49)43-25-29-45(30-26-43)79-46-31-27-44(28-32-46)70-34-36-72(60(78)54(62(6,7)8)68-56(74)40(2)64-10)52(38-70)58(76)66-50-24-16-20-42-18-12-14-22-48(42)50/h11-14,17-18,21-22,25-32,39-40,49-54,63-64H,15-16,19-20,23-24,33-38H2,1-10H3,(H,65,75)(H,66,76)(H,67,73)(H,68,74)/t39-,40-,49+,50+,51-,52-,53+,54+/m0/s1. The fraction of sp³-hybridized carbons (Fsp3) is 0.516. The summed E-state index contributed by atoms with van der Waals surface area (Å²) >= 11 is 0. The van der Waals surface area contributed by atoms with Crippen molar-refractivity contribution >= 4 is 46.8 Å². The zero-order chi connectivity index (χ0) is 56.8. The normalized spacial score (nSPS) is 21.0. The first kappa shape index (κ1) is 58.2. The molecule has 8 rings (SSSR count). The SMILES string of the molecule is CN[C@@H](C)C(=O)N[C@H](C(=O)N1CCN(c2ccc(Oc3ccc(N4CCN(C(=O)[C@@H](NC(=O)[C@H](C)NC)C(C)(C)C)[C@H](C(=O)N[C@@H]5CCCc6ccccc65)C4)cc3)cc2)C[C@H]1C(=O)N[C@@H]1CCCc2ccccc21)C(C)(C)C. The first-order valence-electron chi connectivity index (χ1n) is 28.4. The molecule has 17 nitrogen and oxygen atoms in total. The van der Waals surface area contributed by atoms with Crippen LogP contribution in [0.2, 0.25) is 0 Å². The van der Waals surface area contributed by atoms with Crippen molar-refractivity contribution in [3.8, 4) is 11.5 Å². The lowest BCUT2D eigenvalue weighted by molar-refractivity contribution is -0.146. The topological polar surface area (TPSA) is 197 Å². The number of aryl methyl sites for hydroxylation is 2. The number of carbonyl (C=O) groups is 6. The molecule has 0 saturated carbocycles. The van der Waals surface area contributed by atoms with Crippen LogP contribution in [-0.2, 0) is 41.6 Å². The largest absolute Gasteiger partial charge is 0.457 e. The third kappa shape index (κ3) is 13.7. The molecule has 8 atom stereocenters. The van der Waals surface area contributed by atoms with Crippen LogP contribution >= 0.6 is 0 Å². The highest BCUT2D eigenvalue weighted by atomic mass is 16.5. The van der Waals surface area contributed by atoms with Crippen molar-refractivity contribution in [3.63, 3.8) is 0 Å². The number of likely N-dealkylation sites (N-methyl/N-ethyl adjacent to an activating group) is 2. The molecule has 0 spiro atoms. The molecule has 424 valence electrons. The highest BCUT2D eigenvalue weighted by molar-refractivity contribution is 5.95. The van der Waals surface area contributed by atoms with Crippen LogP contribution in [0.3, 0.4) is 0 Å². The first-order valence-corrected chi connectivity index (χ1v) is 28.4. The summed E-state index contributed by atoms with van der Waals surface area (Å²) in [5.74, 6) is -0.430. The molecule has 4 aromatic carbocycles. The minimum atomic E-state index is -0.867. The van der Waals surface area contributed by atoms with E-state index in [1.807, 2.05) is 114 Å². The molecule has 4 aromatic rings. The highest BCUT2D eigenvalue weighted by Gasteiger charge is 2.45. The van der Waals surface area contributed by atoms with Crippen molar-refractivity contribution in [2.45, 2.75) is 142 Å². The molecule has 0 bridgehead atoms. The second-order valence-electron chi connectivity index (χ2n) is 24.0. The third-order valence-corrected chi connectivity index (χ3v) is 16.4. The number of nitrogens with one attached hydrogen (secondary N) is 6. The maximum absolute atomic E-state index is 14.7. The van der Waals surface area contributed by atoms with Gasteiger partial charge in [-0.25, -0.2) is 0 Å². The molecule has 2 aliphatic heterocycles. The molecule has 2 aliphatic carbocycles. The van der Waals surface area contributed by atoms with Crippen LogP contribution in [0.15, 0.2) is 97.1 Å². The maximum Gasteiger partial charge on any atom is 0.246 e. The van der Waals surface area contributed by atoms with Gasteiger partial charge in [-0.3, -0.25) is 28.8 Å². The zero-order valence-electron chi connectivity index (χ0n) is 48.0. The van der Waals surface area contributed by atoms with Crippen molar-refractivity contribution < 1.29 is 33.5 Å². The van der Waals surface area contributed by atoms with Crippen molar-refractivity contribution in [2.24, 2.45) is 10.8 Å². The molecule has 17 heteroatoms. The summed E-state index contributed by atoms with van der Waals surface area (Å²) in [6, 6.07) is 27.0. The van der Waals surface area contributed by atoms with E-state index >= 15 is 0 Å². The summed E-state index contributed by atoms with van der Waals surface area (Å²) in [6.07, 6.45) is 5.39. The van der Waals surface area contributed by atoms with Crippen LogP contribution in [0.5, 0.6) is 11.5 Å². The maximum atomic E-state index is 14.7. The van der Waals surface area contributed by atoms with Gasteiger partial charge in [-0.15, -0.1) is 0 Å². The molecule has 2 saturated heterocycles. The van der Waals surface area contributed by atoms with Gasteiger partial charge in [0, 0.05) is 50.6 Å². The summed E-state index contributed by atoms with van der Waals surface area (Å²) in [5.41, 5.74) is 5.11. The predicted octanol–water partition coefficient (Wildman–Crippen LogP) is 6.18. The lowest BCUT2D eigenvalue weighted by atomic mass is 9.85. The summed E-state index contributed by atoms with van der Waals surface area (Å²) < 4.78 is 6.39. The van der Waals surface area contributed by atoms with E-state index in [2.05, 4.69) is 66.0 Å². The van der Waals surface area contributed by atoms with Crippen molar-refractivity contribution in [1.29, 1.82) is 0 Å². The number of hydrogen-bond donors (Lipinski definition) is 6. The fourth-order valence-electron chi connectivity index (χ4n) is 11.4. The number of rotatable bonds is 16. The molecule has 2 heterocycles. The van der Waals surface area contributed by atoms with Gasteiger partial charge in [0.05, 0.1) is 24.2 Å². The van der Waals surface area contributed by atoms with Crippen LogP contribution in [0, 0.1) is 10.8 Å². The smallest absolute Gasteiger partial charge is 0.246 e. The van der Waals surface area contributed by atoms with Crippen LogP contribution in [0.1, 0.15) is 115 Å². The molecule has 79 heavy (non-hydrogen) atoms. The van der Waals surface area contributed by atoms with Gasteiger partial charge >= 0.3 is 0 Å². The van der Waals surface area contributed by atoms with Crippen LogP contribution in [-0.4, -0.2) is 135 Å². The molecule has 0 aromatic heterocycles. The first-order chi connectivity index (χ1) is 37.6. The average Bonchev–Trinajstić information content (AvgIpc) is 3.50. The predicted molar refractivity (Wildman–Crippen MR) is 309 cm³/mol. The Bertz CT molecular complexity index is 2620. The summed E-state index contributed by atoms with van der Waals surface area (Å²) in [5, 5.41) is 18.6. The van der Waals surface area contributed by atoms with E-state index in [4.69, 9.17) is 4.74 Å². The Balaban J connectivity index is 0.970. The average molecular weight is 1080 g/mol. The second-order valence-corrected chi connectivity index (χ2v) is 24.0. The van der Waals surface area contributed by atoms with E-state index in [1.54, 1.807) is 37.7 Å². The molecular weight excluding hydrogens is 997 g/mol. The lowest BCUT2D eigenvalue weighted by Gasteiger charge is -2.45. The van der Waals surface area contributed by atoms with Gasteiger partial charge in [0.25, 0.3) is 0 Å². The van der Waals surface area contributed by atoms with Gasteiger partial charge in [-0.2, -0.15) is 0 Å². The molecule has 0 unspecified atom stereocenters. The quantitative estimate of drug-likeness (QED) is 0.0750. The molecule has 6 N–H and O–H groups in total. The molecular formula is C62H84N10O7. The Labute approximate surface area is 467 Å². The monoisotopic (exact) mass is 1080 g/mol. The number of hydrogen-bond acceptors (Lipinski definition) is 11. The number of anilines is 2. The number of ether oxygens (including phenoxy) is 1. The van der Waals surface area contributed by atoms with Crippen molar-refractivity contribution in [1.82, 2.24) is 41.7 Å². The molecule has 6 amide bonds. The minimum Gasteiger partial charge on any atom is -0.457 e. The molecule has 2 fully saturated rings. The summed E-state index contributed by atoms with van der Waals surface area (Å²) in [4.78, 5) is 92.6. The number of fused-ring (bicyclic) bond motifs is 2. The number of nitrogens with zero attached hydrogens (tertiary/aromatic N) is 4. The number of amides is 6. The van der Waals surface area contributed by atoms with E-state index in [0.29, 0.717) is 24.6 Å². The number of benzene rings is 4. The summed E-state index contributed by atoms with van der Waals surface area (Å²) in [6.45, 7) is 17.0.